The minimum Gasteiger partial charge on any atom is -0.497 e. The number of hydrogen-bond donors (Lipinski definition) is 0. The smallest absolute Gasteiger partial charge is 0.261 e. The number of fused-ring (bicyclic) bond motifs is 1. The van der Waals surface area contributed by atoms with Crippen molar-refractivity contribution in [3.8, 4) is 5.75 Å². The van der Waals surface area contributed by atoms with E-state index in [0.717, 1.165) is 5.75 Å². The average Bonchev–Trinajstić information content (AvgIpc) is 2.80. The fraction of sp³-hybridized carbons (Fsp3) is 0.222. The van der Waals surface area contributed by atoms with E-state index in [-0.39, 0.29) is 11.8 Å². The van der Waals surface area contributed by atoms with E-state index in [1.807, 2.05) is 24.3 Å². The molecule has 4 nitrogen and oxygen atoms in total. The van der Waals surface area contributed by atoms with Crippen molar-refractivity contribution in [2.24, 2.45) is 0 Å². The maximum Gasteiger partial charge on any atom is 0.261 e. The van der Waals surface area contributed by atoms with Crippen LogP contribution >= 0.6 is 0 Å². The Kier molecular flexibility index (Phi) is 3.81. The molecule has 118 valence electrons. The Morgan fingerprint density at radius 3 is 1.91 bits per heavy atom. The van der Waals surface area contributed by atoms with Crippen molar-refractivity contribution < 1.29 is 14.3 Å². The number of ether oxygens (including phenoxy) is 1. The molecule has 0 aliphatic carbocycles. The minimum absolute atomic E-state index is 0.181. The molecule has 1 aliphatic heterocycles. The van der Waals surface area contributed by atoms with Gasteiger partial charge in [-0.25, -0.2) is 0 Å². The van der Waals surface area contributed by atoms with Crippen LogP contribution in [0.25, 0.3) is 0 Å². The summed E-state index contributed by atoms with van der Waals surface area (Å²) in [6.45, 7) is 4.33. The molecule has 3 rings (SSSR count). The second-order valence-corrected chi connectivity index (χ2v) is 11.0. The molecule has 1 aliphatic rings. The number of nitrogens with zero attached hydrogens (tertiary/aromatic N) is 1. The molecular weight excluding hydrogens is 306 g/mol. The molecule has 0 unspecified atom stereocenters. The summed E-state index contributed by atoms with van der Waals surface area (Å²) in [5.74, 6) is 0.443. The molecule has 2 aromatic rings. The van der Waals surface area contributed by atoms with Gasteiger partial charge in [0.05, 0.1) is 18.2 Å². The molecule has 0 saturated heterocycles. The fourth-order valence-electron chi connectivity index (χ4n) is 2.91. The number of carbonyl (C=O) groups is 2. The zero-order valence-corrected chi connectivity index (χ0v) is 14.5. The average molecular weight is 325 g/mol. The molecule has 5 heteroatoms. The normalized spacial score (nSPS) is 14.1. The van der Waals surface area contributed by atoms with Gasteiger partial charge in [0.15, 0.2) is 0 Å². The third kappa shape index (κ3) is 2.68. The summed E-state index contributed by atoms with van der Waals surface area (Å²) in [4.78, 5) is 26.5. The van der Waals surface area contributed by atoms with Crippen LogP contribution in [0.4, 0.5) is 0 Å². The molecule has 23 heavy (non-hydrogen) atoms. The fourth-order valence-corrected chi connectivity index (χ4v) is 5.24. The Bertz CT molecular complexity index is 733. The SMILES string of the molecule is COc1ccc([Si](C)(C)CN2C(=O)c3ccccc3C2=O)cc1. The highest BCUT2D eigenvalue weighted by molar-refractivity contribution is 6.90. The lowest BCUT2D eigenvalue weighted by Gasteiger charge is -2.27. The Morgan fingerprint density at radius 2 is 1.43 bits per heavy atom. The molecule has 2 amide bonds. The molecular formula is C18H19NO3Si. The molecule has 0 aromatic heterocycles. The van der Waals surface area contributed by atoms with E-state index in [4.69, 9.17) is 4.74 Å². The van der Waals surface area contributed by atoms with Crippen LogP contribution in [-0.2, 0) is 0 Å². The highest BCUT2D eigenvalue weighted by Crippen LogP contribution is 2.24. The van der Waals surface area contributed by atoms with Gasteiger partial charge in [0.2, 0.25) is 0 Å². The maximum absolute atomic E-state index is 12.5. The van der Waals surface area contributed by atoms with Crippen LogP contribution in [0.5, 0.6) is 5.75 Å². The molecule has 0 atom stereocenters. The van der Waals surface area contributed by atoms with Gasteiger partial charge in [-0.2, -0.15) is 0 Å². The summed E-state index contributed by atoms with van der Waals surface area (Å²) in [7, 11) is -0.339. The first-order valence-electron chi connectivity index (χ1n) is 7.54. The number of benzene rings is 2. The van der Waals surface area contributed by atoms with Crippen LogP contribution in [0, 0.1) is 0 Å². The van der Waals surface area contributed by atoms with Crippen LogP contribution in [-0.4, -0.2) is 38.1 Å². The van der Waals surface area contributed by atoms with Crippen molar-refractivity contribution in [3.63, 3.8) is 0 Å². The highest BCUT2D eigenvalue weighted by Gasteiger charge is 2.39. The summed E-state index contributed by atoms with van der Waals surface area (Å²) < 4.78 is 5.19. The second kappa shape index (κ2) is 5.66. The van der Waals surface area contributed by atoms with Gasteiger partial charge in [-0.15, -0.1) is 0 Å². The van der Waals surface area contributed by atoms with Crippen LogP contribution in [0.1, 0.15) is 20.7 Å². The van der Waals surface area contributed by atoms with Gasteiger partial charge < -0.3 is 4.74 Å². The number of methoxy groups -OCH3 is 1. The predicted octanol–water partition coefficient (Wildman–Crippen LogP) is 2.45. The number of rotatable bonds is 4. The Labute approximate surface area is 136 Å². The lowest BCUT2D eigenvalue weighted by atomic mass is 10.1. The van der Waals surface area contributed by atoms with E-state index in [1.165, 1.54) is 10.1 Å². The first-order chi connectivity index (χ1) is 10.9. The largest absolute Gasteiger partial charge is 0.497 e. The van der Waals surface area contributed by atoms with Gasteiger partial charge in [-0.1, -0.05) is 42.5 Å². The zero-order chi connectivity index (χ0) is 16.6. The number of hydrogen-bond acceptors (Lipinski definition) is 3. The number of imide groups is 1. The molecule has 0 bridgehead atoms. The van der Waals surface area contributed by atoms with E-state index in [1.54, 1.807) is 31.4 Å². The highest BCUT2D eigenvalue weighted by atomic mass is 28.3. The maximum atomic E-state index is 12.5. The van der Waals surface area contributed by atoms with Crippen LogP contribution in [0.15, 0.2) is 48.5 Å². The van der Waals surface area contributed by atoms with E-state index in [2.05, 4.69) is 13.1 Å². The van der Waals surface area contributed by atoms with Gasteiger partial charge in [-0.3, -0.25) is 14.5 Å². The lowest BCUT2D eigenvalue weighted by molar-refractivity contribution is 0.0678. The summed E-state index contributed by atoms with van der Waals surface area (Å²) in [5, 5.41) is 1.19. The van der Waals surface area contributed by atoms with Gasteiger partial charge in [0.25, 0.3) is 11.8 Å². The van der Waals surface area contributed by atoms with Gasteiger partial charge in [0, 0.05) is 6.17 Å². The summed E-state index contributed by atoms with van der Waals surface area (Å²) in [6.07, 6.45) is 0.478. The zero-order valence-electron chi connectivity index (χ0n) is 13.5. The van der Waals surface area contributed by atoms with Crippen molar-refractivity contribution in [2.75, 3.05) is 13.3 Å². The first kappa shape index (κ1) is 15.5. The standard InChI is InChI=1S/C18H19NO3Si/c1-22-13-8-10-14(11-9-13)23(2,3)12-19-17(20)15-6-4-5-7-16(15)18(19)21/h4-11H,12H2,1-3H3. The summed E-state index contributed by atoms with van der Waals surface area (Å²) in [5.41, 5.74) is 1.02. The van der Waals surface area contributed by atoms with Crippen molar-refractivity contribution in [1.82, 2.24) is 4.90 Å². The quantitative estimate of drug-likeness (QED) is 0.641. The number of carbonyl (C=O) groups excluding carboxylic acids is 2. The van der Waals surface area contributed by atoms with Crippen molar-refractivity contribution >= 4 is 25.1 Å². The summed E-state index contributed by atoms with van der Waals surface area (Å²) >= 11 is 0. The van der Waals surface area contributed by atoms with E-state index in [0.29, 0.717) is 17.3 Å². The molecule has 2 aromatic carbocycles. The predicted molar refractivity (Wildman–Crippen MR) is 91.9 cm³/mol. The van der Waals surface area contributed by atoms with Crippen LogP contribution in [0.2, 0.25) is 13.1 Å². The summed E-state index contributed by atoms with van der Waals surface area (Å²) in [6, 6.07) is 14.9. The minimum atomic E-state index is -1.97. The van der Waals surface area contributed by atoms with Gasteiger partial charge in [-0.05, 0) is 24.3 Å². The lowest BCUT2D eigenvalue weighted by Crippen LogP contribution is -2.53. The van der Waals surface area contributed by atoms with Crippen LogP contribution < -0.4 is 9.92 Å². The Hall–Kier alpha value is -2.40. The first-order valence-corrected chi connectivity index (χ1v) is 10.7. The third-order valence-corrected chi connectivity index (χ3v) is 7.31. The monoisotopic (exact) mass is 325 g/mol. The van der Waals surface area contributed by atoms with Crippen molar-refractivity contribution in [2.45, 2.75) is 13.1 Å². The van der Waals surface area contributed by atoms with E-state index < -0.39 is 8.07 Å². The van der Waals surface area contributed by atoms with E-state index in [9.17, 15) is 9.59 Å². The van der Waals surface area contributed by atoms with Crippen molar-refractivity contribution in [1.29, 1.82) is 0 Å². The van der Waals surface area contributed by atoms with Crippen LogP contribution in [0.3, 0.4) is 0 Å². The van der Waals surface area contributed by atoms with Crippen molar-refractivity contribution in [3.05, 3.63) is 59.7 Å². The van der Waals surface area contributed by atoms with Gasteiger partial charge in [0.1, 0.15) is 13.8 Å². The topological polar surface area (TPSA) is 46.6 Å². The molecule has 0 fully saturated rings. The van der Waals surface area contributed by atoms with E-state index >= 15 is 0 Å². The molecule has 1 heterocycles. The third-order valence-electron chi connectivity index (χ3n) is 4.30. The Morgan fingerprint density at radius 1 is 0.913 bits per heavy atom. The Balaban J connectivity index is 1.86. The molecule has 0 spiro atoms. The van der Waals surface area contributed by atoms with Gasteiger partial charge >= 0.3 is 0 Å². The molecule has 0 N–H and O–H groups in total. The molecule has 0 radical (unpaired) electrons. The molecule has 0 saturated carbocycles. The second-order valence-electron chi connectivity index (χ2n) is 6.35. The number of amides is 2.